The van der Waals surface area contributed by atoms with E-state index in [0.717, 1.165) is 5.56 Å². The van der Waals surface area contributed by atoms with Crippen molar-refractivity contribution in [1.29, 1.82) is 0 Å². The number of aromatic nitrogens is 2. The van der Waals surface area contributed by atoms with E-state index in [9.17, 15) is 9.18 Å². The second-order valence-corrected chi connectivity index (χ2v) is 6.44. The Morgan fingerprint density at radius 1 is 1.43 bits per heavy atom. The number of nitrogens with zero attached hydrogens (tertiary/aromatic N) is 2. The summed E-state index contributed by atoms with van der Waals surface area (Å²) in [4.78, 5) is 12.8. The number of aryl methyl sites for hydroxylation is 1. The quantitative estimate of drug-likeness (QED) is 0.761. The zero-order chi connectivity index (χ0) is 16.4. The van der Waals surface area contributed by atoms with Gasteiger partial charge < -0.3 is 5.32 Å². The van der Waals surface area contributed by atoms with E-state index in [1.165, 1.54) is 17.4 Å². The largest absolute Gasteiger partial charge is 0.321 e. The number of hydrogen-bond acceptors (Lipinski definition) is 3. The van der Waals surface area contributed by atoms with Crippen molar-refractivity contribution in [3.05, 3.63) is 68.9 Å². The molecule has 4 nitrogen and oxygen atoms in total. The standard InChI is InChI=1S/C16H13ClFN3OS/c1-10-2-3-13(5-14(10)18)20-16(22)15-4-11(9-23-15)7-21-8-12(17)6-19-21/h2-6,8-9H,7H2,1H3,(H,20,22). The molecule has 23 heavy (non-hydrogen) atoms. The van der Waals surface area contributed by atoms with E-state index >= 15 is 0 Å². The van der Waals surface area contributed by atoms with Crippen molar-refractivity contribution in [3.63, 3.8) is 0 Å². The summed E-state index contributed by atoms with van der Waals surface area (Å²) in [5.41, 5.74) is 1.93. The fourth-order valence-electron chi connectivity index (χ4n) is 2.05. The predicted molar refractivity (Wildman–Crippen MR) is 89.7 cm³/mol. The highest BCUT2D eigenvalue weighted by Gasteiger charge is 2.11. The summed E-state index contributed by atoms with van der Waals surface area (Å²) in [6.07, 6.45) is 3.28. The average molecular weight is 350 g/mol. The van der Waals surface area contributed by atoms with Gasteiger partial charge in [-0.15, -0.1) is 11.3 Å². The molecule has 0 aliphatic carbocycles. The molecule has 3 aromatic rings. The molecule has 0 aliphatic heterocycles. The third-order valence-electron chi connectivity index (χ3n) is 3.25. The minimum absolute atomic E-state index is 0.261. The van der Waals surface area contributed by atoms with Gasteiger partial charge in [0.05, 0.1) is 22.6 Å². The molecule has 0 aliphatic rings. The minimum Gasteiger partial charge on any atom is -0.321 e. The van der Waals surface area contributed by atoms with Crippen molar-refractivity contribution in [2.24, 2.45) is 0 Å². The molecule has 0 spiro atoms. The van der Waals surface area contributed by atoms with Crippen molar-refractivity contribution >= 4 is 34.5 Å². The Labute approximate surface area is 141 Å². The fourth-order valence-corrected chi connectivity index (χ4v) is 3.01. The summed E-state index contributed by atoms with van der Waals surface area (Å²) >= 11 is 7.15. The van der Waals surface area contributed by atoms with Gasteiger partial charge in [-0.25, -0.2) is 4.39 Å². The number of carbonyl (C=O) groups excluding carboxylic acids is 1. The molecule has 0 saturated heterocycles. The Bertz CT molecular complexity index is 859. The van der Waals surface area contributed by atoms with Gasteiger partial charge in [-0.2, -0.15) is 5.10 Å². The van der Waals surface area contributed by atoms with Gasteiger partial charge in [0.1, 0.15) is 5.82 Å². The van der Waals surface area contributed by atoms with Gasteiger partial charge in [0.2, 0.25) is 0 Å². The van der Waals surface area contributed by atoms with Crippen LogP contribution in [0.4, 0.5) is 10.1 Å². The number of hydrogen-bond donors (Lipinski definition) is 1. The number of carbonyl (C=O) groups is 1. The van der Waals surface area contributed by atoms with Gasteiger partial charge in [-0.3, -0.25) is 9.48 Å². The lowest BCUT2D eigenvalue weighted by atomic mass is 10.2. The Balaban J connectivity index is 1.69. The number of benzene rings is 1. The van der Waals surface area contributed by atoms with Crippen LogP contribution in [0.5, 0.6) is 0 Å². The maximum absolute atomic E-state index is 13.5. The molecular weight excluding hydrogens is 337 g/mol. The highest BCUT2D eigenvalue weighted by atomic mass is 35.5. The van der Waals surface area contributed by atoms with E-state index in [4.69, 9.17) is 11.6 Å². The maximum atomic E-state index is 13.5. The Morgan fingerprint density at radius 2 is 2.26 bits per heavy atom. The second kappa shape index (κ2) is 6.52. The van der Waals surface area contributed by atoms with Crippen LogP contribution in [0.15, 0.2) is 42.0 Å². The van der Waals surface area contributed by atoms with Gasteiger partial charge in [0, 0.05) is 11.9 Å². The van der Waals surface area contributed by atoms with Crippen LogP contribution in [-0.4, -0.2) is 15.7 Å². The molecule has 1 amide bonds. The average Bonchev–Trinajstić information content (AvgIpc) is 3.13. The lowest BCUT2D eigenvalue weighted by Crippen LogP contribution is -2.10. The lowest BCUT2D eigenvalue weighted by Gasteiger charge is -2.04. The molecule has 7 heteroatoms. The smallest absolute Gasteiger partial charge is 0.265 e. The molecule has 0 bridgehead atoms. The number of halogens is 2. The Hall–Kier alpha value is -2.18. The van der Waals surface area contributed by atoms with E-state index in [2.05, 4.69) is 10.4 Å². The normalized spacial score (nSPS) is 10.7. The van der Waals surface area contributed by atoms with Crippen LogP contribution >= 0.6 is 22.9 Å². The molecule has 3 rings (SSSR count). The van der Waals surface area contributed by atoms with E-state index in [-0.39, 0.29) is 11.7 Å². The molecule has 2 aromatic heterocycles. The number of rotatable bonds is 4. The van der Waals surface area contributed by atoms with Crippen molar-refractivity contribution in [2.75, 3.05) is 5.32 Å². The highest BCUT2D eigenvalue weighted by molar-refractivity contribution is 7.12. The Morgan fingerprint density at radius 3 is 2.96 bits per heavy atom. The van der Waals surface area contributed by atoms with E-state index in [1.54, 1.807) is 42.2 Å². The zero-order valence-corrected chi connectivity index (χ0v) is 13.8. The molecule has 0 atom stereocenters. The SMILES string of the molecule is Cc1ccc(NC(=O)c2cc(Cn3cc(Cl)cn3)cs2)cc1F. The summed E-state index contributed by atoms with van der Waals surface area (Å²) in [6, 6.07) is 6.41. The number of anilines is 1. The van der Waals surface area contributed by atoms with Gasteiger partial charge in [0.25, 0.3) is 5.91 Å². The molecule has 0 fully saturated rings. The molecule has 0 unspecified atom stereocenters. The van der Waals surface area contributed by atoms with Crippen LogP contribution in [0.3, 0.4) is 0 Å². The van der Waals surface area contributed by atoms with Crippen molar-refractivity contribution in [1.82, 2.24) is 9.78 Å². The molecule has 2 heterocycles. The van der Waals surface area contributed by atoms with Crippen LogP contribution in [0, 0.1) is 12.7 Å². The van der Waals surface area contributed by atoms with Crippen LogP contribution in [-0.2, 0) is 6.54 Å². The monoisotopic (exact) mass is 349 g/mol. The topological polar surface area (TPSA) is 46.9 Å². The van der Waals surface area contributed by atoms with Gasteiger partial charge in [-0.1, -0.05) is 17.7 Å². The van der Waals surface area contributed by atoms with E-state index in [1.807, 2.05) is 5.38 Å². The van der Waals surface area contributed by atoms with Crippen molar-refractivity contribution in [2.45, 2.75) is 13.5 Å². The minimum atomic E-state index is -0.342. The van der Waals surface area contributed by atoms with Crippen molar-refractivity contribution in [3.8, 4) is 0 Å². The number of nitrogens with one attached hydrogen (secondary N) is 1. The first-order valence-corrected chi connectivity index (χ1v) is 8.10. The summed E-state index contributed by atoms with van der Waals surface area (Å²) in [5.74, 6) is -0.603. The molecular formula is C16H13ClFN3OS. The second-order valence-electron chi connectivity index (χ2n) is 5.09. The highest BCUT2D eigenvalue weighted by Crippen LogP contribution is 2.19. The van der Waals surface area contributed by atoms with Gasteiger partial charge in [-0.05, 0) is 41.6 Å². The van der Waals surface area contributed by atoms with E-state index < -0.39 is 0 Å². The van der Waals surface area contributed by atoms with Crippen molar-refractivity contribution < 1.29 is 9.18 Å². The first-order chi connectivity index (χ1) is 11.0. The van der Waals surface area contributed by atoms with E-state index in [0.29, 0.717) is 27.7 Å². The summed E-state index contributed by atoms with van der Waals surface area (Å²) < 4.78 is 15.2. The molecule has 1 aromatic carbocycles. The molecule has 0 saturated carbocycles. The first kappa shape index (κ1) is 15.7. The predicted octanol–water partition coefficient (Wildman–Crippen LogP) is 4.35. The van der Waals surface area contributed by atoms with Crippen LogP contribution in [0.1, 0.15) is 20.8 Å². The third kappa shape index (κ3) is 3.78. The summed E-state index contributed by atoms with van der Waals surface area (Å²) in [6.45, 7) is 2.21. The van der Waals surface area contributed by atoms with Crippen LogP contribution in [0.25, 0.3) is 0 Å². The Kier molecular flexibility index (Phi) is 4.45. The van der Waals surface area contributed by atoms with Crippen LogP contribution in [0.2, 0.25) is 5.02 Å². The fraction of sp³-hybridized carbons (Fsp3) is 0.125. The van der Waals surface area contributed by atoms with Gasteiger partial charge >= 0.3 is 0 Å². The first-order valence-electron chi connectivity index (χ1n) is 6.84. The zero-order valence-electron chi connectivity index (χ0n) is 12.2. The molecule has 0 radical (unpaired) electrons. The molecule has 1 N–H and O–H groups in total. The lowest BCUT2D eigenvalue weighted by molar-refractivity contribution is 0.103. The van der Waals surface area contributed by atoms with Gasteiger partial charge in [0.15, 0.2) is 0 Å². The maximum Gasteiger partial charge on any atom is 0.265 e. The third-order valence-corrected chi connectivity index (χ3v) is 4.43. The molecule has 118 valence electrons. The summed E-state index contributed by atoms with van der Waals surface area (Å²) in [7, 11) is 0. The number of amides is 1. The van der Waals surface area contributed by atoms with Crippen LogP contribution < -0.4 is 5.32 Å². The summed E-state index contributed by atoms with van der Waals surface area (Å²) in [5, 5.41) is 9.25. The number of thiophene rings is 1.